The van der Waals surface area contributed by atoms with E-state index in [-0.39, 0.29) is 11.3 Å². The predicted octanol–water partition coefficient (Wildman–Crippen LogP) is 3.11. The van der Waals surface area contributed by atoms with Crippen LogP contribution in [0.15, 0.2) is 22.7 Å². The highest BCUT2D eigenvalue weighted by Gasteiger charge is 2.23. The molecule has 3 nitrogen and oxygen atoms in total. The maximum absolute atomic E-state index is 12.4. The first kappa shape index (κ1) is 15.9. The van der Waals surface area contributed by atoms with Gasteiger partial charge in [0.1, 0.15) is 0 Å². The molecule has 1 aromatic carbocycles. The lowest BCUT2D eigenvalue weighted by molar-refractivity contribution is 0.0739. The zero-order valence-electron chi connectivity index (χ0n) is 10.8. The molecule has 0 aliphatic heterocycles. The Balaban J connectivity index is 2.90. The molecule has 0 spiro atoms. The van der Waals surface area contributed by atoms with Crippen molar-refractivity contribution in [2.24, 2.45) is 11.1 Å². The SMILES string of the molecule is CN(CC(C)(C)CN)C(=O)c1cc(Br)ccc1I. The molecule has 0 saturated heterocycles. The van der Waals surface area contributed by atoms with E-state index in [1.165, 1.54) is 0 Å². The molecule has 0 aliphatic carbocycles. The lowest BCUT2D eigenvalue weighted by Gasteiger charge is -2.29. The van der Waals surface area contributed by atoms with E-state index in [0.717, 1.165) is 13.6 Å². The maximum Gasteiger partial charge on any atom is 0.254 e. The molecule has 0 unspecified atom stereocenters. The second-order valence-corrected chi connectivity index (χ2v) is 7.23. The van der Waals surface area contributed by atoms with Crippen LogP contribution in [-0.2, 0) is 0 Å². The first-order chi connectivity index (χ1) is 8.26. The summed E-state index contributed by atoms with van der Waals surface area (Å²) in [6, 6.07) is 5.72. The molecule has 0 heterocycles. The van der Waals surface area contributed by atoms with Crippen LogP contribution in [0.1, 0.15) is 24.2 Å². The van der Waals surface area contributed by atoms with Crippen molar-refractivity contribution in [2.75, 3.05) is 20.1 Å². The van der Waals surface area contributed by atoms with Gasteiger partial charge in [-0.2, -0.15) is 0 Å². The topological polar surface area (TPSA) is 46.3 Å². The number of hydrogen-bond donors (Lipinski definition) is 1. The summed E-state index contributed by atoms with van der Waals surface area (Å²) >= 11 is 5.57. The molecule has 0 aromatic heterocycles. The zero-order valence-corrected chi connectivity index (χ0v) is 14.6. The fourth-order valence-corrected chi connectivity index (χ4v) is 2.57. The standard InChI is InChI=1S/C13H18BrIN2O/c1-13(2,7-16)8-17(3)12(18)10-6-9(14)4-5-11(10)15/h4-6H,7-8,16H2,1-3H3. The Morgan fingerprint density at radius 1 is 1.50 bits per heavy atom. The molecule has 0 radical (unpaired) electrons. The van der Waals surface area contributed by atoms with Gasteiger partial charge in [0, 0.05) is 21.6 Å². The fourth-order valence-electron chi connectivity index (χ4n) is 1.65. The highest BCUT2D eigenvalue weighted by atomic mass is 127. The Bertz CT molecular complexity index is 449. The first-order valence-electron chi connectivity index (χ1n) is 5.67. The van der Waals surface area contributed by atoms with Gasteiger partial charge in [0.05, 0.1) is 5.56 Å². The Hall–Kier alpha value is -0.140. The summed E-state index contributed by atoms with van der Waals surface area (Å²) < 4.78 is 1.87. The van der Waals surface area contributed by atoms with Crippen LogP contribution in [0.3, 0.4) is 0 Å². The summed E-state index contributed by atoms with van der Waals surface area (Å²) in [5.41, 5.74) is 6.36. The third kappa shape index (κ3) is 4.20. The third-order valence-corrected chi connectivity index (χ3v) is 4.16. The number of nitrogens with two attached hydrogens (primary N) is 1. The lowest BCUT2D eigenvalue weighted by atomic mass is 9.93. The van der Waals surface area contributed by atoms with Crippen molar-refractivity contribution in [1.82, 2.24) is 4.90 Å². The lowest BCUT2D eigenvalue weighted by Crippen LogP contribution is -2.40. The van der Waals surface area contributed by atoms with Crippen LogP contribution >= 0.6 is 38.5 Å². The van der Waals surface area contributed by atoms with Gasteiger partial charge in [-0.25, -0.2) is 0 Å². The number of rotatable bonds is 4. The minimum atomic E-state index is -0.0676. The monoisotopic (exact) mass is 424 g/mol. The Morgan fingerprint density at radius 3 is 2.67 bits per heavy atom. The number of hydrogen-bond acceptors (Lipinski definition) is 2. The van der Waals surface area contributed by atoms with Crippen LogP contribution in [0.5, 0.6) is 0 Å². The van der Waals surface area contributed by atoms with Crippen molar-refractivity contribution in [2.45, 2.75) is 13.8 Å². The normalized spacial score (nSPS) is 11.4. The number of amides is 1. The van der Waals surface area contributed by atoms with Gasteiger partial charge in [0.2, 0.25) is 0 Å². The molecule has 0 saturated carbocycles. The highest BCUT2D eigenvalue weighted by molar-refractivity contribution is 14.1. The van der Waals surface area contributed by atoms with Crippen molar-refractivity contribution >= 4 is 44.4 Å². The second-order valence-electron chi connectivity index (χ2n) is 5.15. The first-order valence-corrected chi connectivity index (χ1v) is 7.54. The van der Waals surface area contributed by atoms with E-state index < -0.39 is 0 Å². The summed E-state index contributed by atoms with van der Waals surface area (Å²) in [6.45, 7) is 5.32. The molecule has 100 valence electrons. The molecule has 18 heavy (non-hydrogen) atoms. The van der Waals surface area contributed by atoms with Crippen LogP contribution in [0.25, 0.3) is 0 Å². The Kier molecular flexibility index (Phi) is 5.61. The smallest absolute Gasteiger partial charge is 0.254 e. The summed E-state index contributed by atoms with van der Waals surface area (Å²) in [7, 11) is 1.82. The zero-order chi connectivity index (χ0) is 13.9. The maximum atomic E-state index is 12.4. The Labute approximate surface area is 130 Å². The molecule has 0 fully saturated rings. The van der Waals surface area contributed by atoms with Gasteiger partial charge in [-0.05, 0) is 52.7 Å². The van der Waals surface area contributed by atoms with Gasteiger partial charge in [0.25, 0.3) is 5.91 Å². The van der Waals surface area contributed by atoms with Crippen LogP contribution in [-0.4, -0.2) is 30.9 Å². The largest absolute Gasteiger partial charge is 0.341 e. The van der Waals surface area contributed by atoms with Crippen molar-refractivity contribution < 1.29 is 4.79 Å². The molecular formula is C13H18BrIN2O. The number of halogens is 2. The van der Waals surface area contributed by atoms with Crippen LogP contribution in [0.2, 0.25) is 0 Å². The van der Waals surface area contributed by atoms with E-state index in [1.54, 1.807) is 4.90 Å². The number of nitrogens with zero attached hydrogens (tertiary/aromatic N) is 1. The number of carbonyl (C=O) groups is 1. The molecule has 5 heteroatoms. The van der Waals surface area contributed by atoms with Gasteiger partial charge >= 0.3 is 0 Å². The summed E-state index contributed by atoms with van der Waals surface area (Å²) in [5.74, 6) is 0.0298. The average Bonchev–Trinajstić information content (AvgIpc) is 2.31. The van der Waals surface area contributed by atoms with Crippen molar-refractivity contribution in [3.05, 3.63) is 31.8 Å². The minimum Gasteiger partial charge on any atom is -0.341 e. The van der Waals surface area contributed by atoms with Gasteiger partial charge in [-0.1, -0.05) is 29.8 Å². The van der Waals surface area contributed by atoms with Crippen molar-refractivity contribution in [3.8, 4) is 0 Å². The molecule has 0 bridgehead atoms. The van der Waals surface area contributed by atoms with Gasteiger partial charge in [-0.3, -0.25) is 4.79 Å². The van der Waals surface area contributed by atoms with Crippen molar-refractivity contribution in [3.63, 3.8) is 0 Å². The van der Waals surface area contributed by atoms with E-state index in [9.17, 15) is 4.79 Å². The molecule has 1 rings (SSSR count). The van der Waals surface area contributed by atoms with Gasteiger partial charge < -0.3 is 10.6 Å². The molecule has 2 N–H and O–H groups in total. The summed E-state index contributed by atoms with van der Waals surface area (Å²) in [5, 5.41) is 0. The van der Waals surface area contributed by atoms with E-state index in [0.29, 0.717) is 13.1 Å². The highest BCUT2D eigenvalue weighted by Crippen LogP contribution is 2.21. The number of carbonyl (C=O) groups excluding carboxylic acids is 1. The summed E-state index contributed by atoms with van der Waals surface area (Å²) in [6.07, 6.45) is 0. The van der Waals surface area contributed by atoms with Crippen LogP contribution in [0, 0.1) is 8.99 Å². The van der Waals surface area contributed by atoms with Gasteiger partial charge in [-0.15, -0.1) is 0 Å². The van der Waals surface area contributed by atoms with Crippen LogP contribution < -0.4 is 5.73 Å². The second kappa shape index (κ2) is 6.34. The summed E-state index contributed by atoms with van der Waals surface area (Å²) in [4.78, 5) is 14.1. The molecule has 1 aromatic rings. The molecule has 1 amide bonds. The quantitative estimate of drug-likeness (QED) is 0.755. The predicted molar refractivity (Wildman–Crippen MR) is 86.7 cm³/mol. The van der Waals surface area contributed by atoms with E-state index in [1.807, 2.05) is 25.2 Å². The fraction of sp³-hybridized carbons (Fsp3) is 0.462. The van der Waals surface area contributed by atoms with E-state index in [2.05, 4.69) is 52.4 Å². The average molecular weight is 425 g/mol. The molecule has 0 atom stereocenters. The van der Waals surface area contributed by atoms with Crippen molar-refractivity contribution in [1.29, 1.82) is 0 Å². The Morgan fingerprint density at radius 2 is 2.11 bits per heavy atom. The van der Waals surface area contributed by atoms with Gasteiger partial charge in [0.15, 0.2) is 0 Å². The molecule has 0 aliphatic rings. The van der Waals surface area contributed by atoms with E-state index >= 15 is 0 Å². The minimum absolute atomic E-state index is 0.0298. The third-order valence-electron chi connectivity index (χ3n) is 2.72. The number of benzene rings is 1. The molecular weight excluding hydrogens is 407 g/mol. The van der Waals surface area contributed by atoms with Crippen LogP contribution in [0.4, 0.5) is 0 Å². The van der Waals surface area contributed by atoms with E-state index in [4.69, 9.17) is 5.73 Å².